The summed E-state index contributed by atoms with van der Waals surface area (Å²) >= 11 is 0. The molecule has 7 heteroatoms. The van der Waals surface area contributed by atoms with Crippen LogP contribution in [0.2, 0.25) is 0 Å². The third-order valence-corrected chi connectivity index (χ3v) is 3.42. The zero-order valence-corrected chi connectivity index (χ0v) is 13.2. The van der Waals surface area contributed by atoms with Gasteiger partial charge >= 0.3 is 5.97 Å². The van der Waals surface area contributed by atoms with Gasteiger partial charge in [0.1, 0.15) is 0 Å². The average Bonchev–Trinajstić information content (AvgIpc) is 2.55. The minimum Gasteiger partial charge on any atom is -0.449 e. The first-order valence-corrected chi connectivity index (χ1v) is 7.21. The van der Waals surface area contributed by atoms with Gasteiger partial charge in [0.15, 0.2) is 6.10 Å². The monoisotopic (exact) mass is 328 g/mol. The van der Waals surface area contributed by atoms with Crippen LogP contribution in [-0.4, -0.2) is 22.9 Å². The number of esters is 1. The largest absolute Gasteiger partial charge is 0.449 e. The lowest BCUT2D eigenvalue weighted by Crippen LogP contribution is -2.30. The number of nitro groups is 1. The molecule has 0 aromatic heterocycles. The molecule has 0 aliphatic carbocycles. The summed E-state index contributed by atoms with van der Waals surface area (Å²) in [7, 11) is 0. The van der Waals surface area contributed by atoms with Crippen molar-refractivity contribution in [3.8, 4) is 0 Å². The minimum absolute atomic E-state index is 0.0589. The number of carbonyl (C=O) groups is 2. The summed E-state index contributed by atoms with van der Waals surface area (Å²) in [6, 6.07) is 12.9. The molecule has 0 saturated heterocycles. The maximum atomic E-state index is 12.2. The Morgan fingerprint density at radius 2 is 1.79 bits per heavy atom. The number of rotatable bonds is 5. The quantitative estimate of drug-likeness (QED) is 0.516. The Morgan fingerprint density at radius 3 is 2.42 bits per heavy atom. The zero-order valence-electron chi connectivity index (χ0n) is 13.2. The van der Waals surface area contributed by atoms with Gasteiger partial charge in [0.05, 0.1) is 10.5 Å². The number of para-hydroxylation sites is 1. The molecule has 7 nitrogen and oxygen atoms in total. The van der Waals surface area contributed by atoms with Gasteiger partial charge < -0.3 is 10.1 Å². The molecule has 1 unspecified atom stereocenters. The lowest BCUT2D eigenvalue weighted by atomic mass is 10.1. The summed E-state index contributed by atoms with van der Waals surface area (Å²) in [6.45, 7) is 2.90. The van der Waals surface area contributed by atoms with E-state index in [1.807, 2.05) is 6.07 Å². The molecule has 24 heavy (non-hydrogen) atoms. The van der Waals surface area contributed by atoms with E-state index in [2.05, 4.69) is 5.32 Å². The van der Waals surface area contributed by atoms with Gasteiger partial charge in [-0.1, -0.05) is 24.3 Å². The van der Waals surface area contributed by atoms with E-state index in [-0.39, 0.29) is 16.8 Å². The summed E-state index contributed by atoms with van der Waals surface area (Å²) in [5.74, 6) is -1.27. The van der Waals surface area contributed by atoms with Crippen LogP contribution < -0.4 is 5.32 Å². The smallest absolute Gasteiger partial charge is 0.339 e. The Morgan fingerprint density at radius 1 is 1.12 bits per heavy atom. The molecule has 2 rings (SSSR count). The predicted molar refractivity (Wildman–Crippen MR) is 87.8 cm³/mol. The van der Waals surface area contributed by atoms with Crippen LogP contribution in [0.15, 0.2) is 48.5 Å². The highest BCUT2D eigenvalue weighted by molar-refractivity contribution is 5.98. The lowest BCUT2D eigenvalue weighted by Gasteiger charge is -2.14. The molecule has 1 amide bonds. The second-order valence-electron chi connectivity index (χ2n) is 5.11. The molecule has 0 heterocycles. The molecule has 1 N–H and O–H groups in total. The molecule has 0 aliphatic heterocycles. The molecule has 0 radical (unpaired) electrons. The molecule has 124 valence electrons. The fourth-order valence-electron chi connectivity index (χ4n) is 2.09. The fraction of sp³-hybridized carbons (Fsp3) is 0.176. The van der Waals surface area contributed by atoms with Crippen LogP contribution in [0.1, 0.15) is 22.8 Å². The van der Waals surface area contributed by atoms with Crippen LogP contribution in [0.5, 0.6) is 0 Å². The van der Waals surface area contributed by atoms with E-state index in [4.69, 9.17) is 4.74 Å². The summed E-state index contributed by atoms with van der Waals surface area (Å²) in [5, 5.41) is 13.5. The predicted octanol–water partition coefficient (Wildman–Crippen LogP) is 3.09. The molecule has 2 aromatic carbocycles. The molecular weight excluding hydrogens is 312 g/mol. The van der Waals surface area contributed by atoms with Gasteiger partial charge in [0.2, 0.25) is 0 Å². The van der Waals surface area contributed by atoms with E-state index < -0.39 is 22.9 Å². The van der Waals surface area contributed by atoms with Crippen molar-refractivity contribution < 1.29 is 19.2 Å². The average molecular weight is 328 g/mol. The van der Waals surface area contributed by atoms with E-state index in [1.54, 1.807) is 24.3 Å². The Kier molecular flexibility index (Phi) is 5.26. The number of carbonyl (C=O) groups excluding carboxylic acids is 2. The standard InChI is InChI=1S/C17H16N2O5/c1-11-14(9-6-10-15(11)19(22)23)17(21)24-12(2)16(20)18-13-7-4-3-5-8-13/h3-10,12H,1-2H3,(H,18,20). The van der Waals surface area contributed by atoms with Crippen molar-refractivity contribution in [1.82, 2.24) is 0 Å². The van der Waals surface area contributed by atoms with E-state index in [0.29, 0.717) is 5.69 Å². The maximum Gasteiger partial charge on any atom is 0.339 e. The zero-order chi connectivity index (χ0) is 17.7. The summed E-state index contributed by atoms with van der Waals surface area (Å²) in [6.07, 6.45) is -1.05. The normalized spacial score (nSPS) is 11.4. The number of benzene rings is 2. The number of amides is 1. The fourth-order valence-corrected chi connectivity index (χ4v) is 2.09. The number of nitrogens with one attached hydrogen (secondary N) is 1. The van der Waals surface area contributed by atoms with Crippen molar-refractivity contribution in [2.75, 3.05) is 5.32 Å². The summed E-state index contributed by atoms with van der Waals surface area (Å²) < 4.78 is 5.11. The molecular formula is C17H16N2O5. The number of hydrogen-bond donors (Lipinski definition) is 1. The number of nitrogens with zero attached hydrogens (tertiary/aromatic N) is 1. The van der Waals surface area contributed by atoms with Gasteiger partial charge in [-0.25, -0.2) is 4.79 Å². The Hall–Kier alpha value is -3.22. The molecule has 1 atom stereocenters. The van der Waals surface area contributed by atoms with Crippen LogP contribution in [0, 0.1) is 17.0 Å². The van der Waals surface area contributed by atoms with Gasteiger partial charge in [-0.3, -0.25) is 14.9 Å². The molecule has 0 bridgehead atoms. The van der Waals surface area contributed by atoms with Crippen LogP contribution in [0.4, 0.5) is 11.4 Å². The van der Waals surface area contributed by atoms with Crippen LogP contribution in [0.3, 0.4) is 0 Å². The van der Waals surface area contributed by atoms with E-state index in [9.17, 15) is 19.7 Å². The topological polar surface area (TPSA) is 98.5 Å². The Bertz CT molecular complexity index is 774. The second kappa shape index (κ2) is 7.36. The number of hydrogen-bond acceptors (Lipinski definition) is 5. The number of nitro benzene ring substituents is 1. The third kappa shape index (κ3) is 3.95. The lowest BCUT2D eigenvalue weighted by molar-refractivity contribution is -0.385. The first-order chi connectivity index (χ1) is 11.4. The molecule has 2 aromatic rings. The van der Waals surface area contributed by atoms with Gasteiger partial charge in [0.25, 0.3) is 11.6 Å². The van der Waals surface area contributed by atoms with Crippen molar-refractivity contribution in [2.45, 2.75) is 20.0 Å². The van der Waals surface area contributed by atoms with Crippen LogP contribution in [-0.2, 0) is 9.53 Å². The number of anilines is 1. The first-order valence-electron chi connectivity index (χ1n) is 7.21. The highest BCUT2D eigenvalue weighted by atomic mass is 16.6. The Balaban J connectivity index is 2.08. The molecule has 0 spiro atoms. The molecule has 0 saturated carbocycles. The molecule has 0 fully saturated rings. The number of ether oxygens (including phenoxy) is 1. The van der Waals surface area contributed by atoms with Crippen LogP contribution >= 0.6 is 0 Å². The van der Waals surface area contributed by atoms with Gasteiger partial charge in [0, 0.05) is 17.3 Å². The summed E-state index contributed by atoms with van der Waals surface area (Å²) in [4.78, 5) is 34.6. The maximum absolute atomic E-state index is 12.2. The van der Waals surface area contributed by atoms with Crippen molar-refractivity contribution in [3.63, 3.8) is 0 Å². The van der Waals surface area contributed by atoms with Gasteiger partial charge in [-0.15, -0.1) is 0 Å². The van der Waals surface area contributed by atoms with Crippen LogP contribution in [0.25, 0.3) is 0 Å². The molecule has 0 aliphatic rings. The van der Waals surface area contributed by atoms with Crippen molar-refractivity contribution in [3.05, 3.63) is 69.8 Å². The van der Waals surface area contributed by atoms with Crippen molar-refractivity contribution >= 4 is 23.3 Å². The van der Waals surface area contributed by atoms with Gasteiger partial charge in [-0.05, 0) is 32.0 Å². The van der Waals surface area contributed by atoms with Crippen molar-refractivity contribution in [1.29, 1.82) is 0 Å². The highest BCUT2D eigenvalue weighted by Crippen LogP contribution is 2.22. The second-order valence-corrected chi connectivity index (χ2v) is 5.11. The van der Waals surface area contributed by atoms with Gasteiger partial charge in [-0.2, -0.15) is 0 Å². The Labute approximate surface area is 138 Å². The van der Waals surface area contributed by atoms with Crippen molar-refractivity contribution in [2.24, 2.45) is 0 Å². The minimum atomic E-state index is -1.05. The third-order valence-electron chi connectivity index (χ3n) is 3.42. The highest BCUT2D eigenvalue weighted by Gasteiger charge is 2.23. The van der Waals surface area contributed by atoms with E-state index in [0.717, 1.165) is 0 Å². The summed E-state index contributed by atoms with van der Waals surface area (Å²) in [5.41, 5.74) is 0.662. The van der Waals surface area contributed by atoms with E-state index >= 15 is 0 Å². The SMILES string of the molecule is Cc1c(C(=O)OC(C)C(=O)Nc2ccccc2)cccc1[N+](=O)[O-]. The first kappa shape index (κ1) is 17.1. The van der Waals surface area contributed by atoms with E-state index in [1.165, 1.54) is 32.0 Å².